The number of carboxylic acids is 2. The molecule has 0 saturated heterocycles. The fourth-order valence-electron chi connectivity index (χ4n) is 1.72. The second kappa shape index (κ2) is 6.68. The Hall–Kier alpha value is -2.24. The van der Waals surface area contributed by atoms with E-state index in [9.17, 15) is 9.59 Å². The topological polar surface area (TPSA) is 83.8 Å². The maximum Gasteiger partial charge on any atom is 0.335 e. The maximum atomic E-state index is 10.9. The third-order valence-electron chi connectivity index (χ3n) is 2.83. The van der Waals surface area contributed by atoms with Gasteiger partial charge in [0.25, 0.3) is 0 Å². The quantitative estimate of drug-likeness (QED) is 0.860. The van der Waals surface area contributed by atoms with Crippen LogP contribution in [0.3, 0.4) is 0 Å². The molecule has 0 aliphatic rings. The summed E-state index contributed by atoms with van der Waals surface area (Å²) in [7, 11) is 0. The summed E-state index contributed by atoms with van der Waals surface area (Å²) in [4.78, 5) is 21.6. The number of benzene rings is 2. The normalized spacial score (nSPS) is 10.3. The van der Waals surface area contributed by atoms with Gasteiger partial charge in [0.1, 0.15) is 6.61 Å². The molecule has 0 bridgehead atoms. The summed E-state index contributed by atoms with van der Waals surface area (Å²) in [5.41, 5.74) is 0.859. The van der Waals surface area contributed by atoms with Gasteiger partial charge in [-0.05, 0) is 29.8 Å². The predicted octanol–water partition coefficient (Wildman–Crippen LogP) is 3.97. The van der Waals surface area contributed by atoms with Crippen LogP contribution in [-0.2, 0) is 6.61 Å². The Kier molecular flexibility index (Phi) is 4.90. The second-order valence-electron chi connectivity index (χ2n) is 4.36. The molecule has 0 aromatic heterocycles. The van der Waals surface area contributed by atoms with Crippen LogP contribution in [-0.4, -0.2) is 22.2 Å². The fourth-order valence-corrected chi connectivity index (χ4v) is 2.32. The number of aromatic carboxylic acids is 2. The second-order valence-corrected chi connectivity index (χ2v) is 5.18. The van der Waals surface area contributed by atoms with Crippen LogP contribution in [0.25, 0.3) is 0 Å². The Labute approximate surface area is 135 Å². The van der Waals surface area contributed by atoms with Crippen molar-refractivity contribution >= 4 is 35.1 Å². The average molecular weight is 341 g/mol. The lowest BCUT2D eigenvalue weighted by Gasteiger charge is -2.11. The summed E-state index contributed by atoms with van der Waals surface area (Å²) < 4.78 is 5.48. The summed E-state index contributed by atoms with van der Waals surface area (Å²) in [5, 5.41) is 17.9. The molecule has 0 radical (unpaired) electrons. The van der Waals surface area contributed by atoms with Gasteiger partial charge in [-0.1, -0.05) is 35.3 Å². The van der Waals surface area contributed by atoms with Crippen molar-refractivity contribution in [2.75, 3.05) is 0 Å². The molecule has 7 heteroatoms. The lowest BCUT2D eigenvalue weighted by molar-refractivity contribution is 0.0686. The van der Waals surface area contributed by atoms with Crippen molar-refractivity contribution in [2.45, 2.75) is 6.61 Å². The monoisotopic (exact) mass is 340 g/mol. The molecule has 0 unspecified atom stereocenters. The van der Waals surface area contributed by atoms with Gasteiger partial charge in [0.2, 0.25) is 0 Å². The number of rotatable bonds is 5. The minimum Gasteiger partial charge on any atom is -0.486 e. The molecule has 0 heterocycles. The van der Waals surface area contributed by atoms with Crippen LogP contribution >= 0.6 is 23.2 Å². The van der Waals surface area contributed by atoms with E-state index < -0.39 is 11.9 Å². The molecule has 0 aliphatic carbocycles. The summed E-state index contributed by atoms with van der Waals surface area (Å²) in [6.45, 7) is 0.117. The van der Waals surface area contributed by atoms with Crippen molar-refractivity contribution in [3.8, 4) is 5.75 Å². The zero-order valence-electron chi connectivity index (χ0n) is 11.0. The first kappa shape index (κ1) is 16.1. The van der Waals surface area contributed by atoms with Gasteiger partial charge in [-0.25, -0.2) is 9.59 Å². The lowest BCUT2D eigenvalue weighted by Crippen LogP contribution is -2.01. The Morgan fingerprint density at radius 3 is 1.86 bits per heavy atom. The molecule has 2 rings (SSSR count). The van der Waals surface area contributed by atoms with E-state index in [1.807, 2.05) is 0 Å². The molecule has 0 saturated carbocycles. The number of hydrogen-bond donors (Lipinski definition) is 2. The van der Waals surface area contributed by atoms with Gasteiger partial charge >= 0.3 is 11.9 Å². The third-order valence-corrected chi connectivity index (χ3v) is 3.39. The van der Waals surface area contributed by atoms with Crippen LogP contribution in [0.4, 0.5) is 0 Å². The minimum atomic E-state index is -1.14. The molecule has 0 aliphatic heterocycles. The van der Waals surface area contributed by atoms with Crippen molar-refractivity contribution < 1.29 is 24.5 Å². The largest absolute Gasteiger partial charge is 0.486 e. The molecule has 0 amide bonds. The van der Waals surface area contributed by atoms with Crippen molar-refractivity contribution in [3.63, 3.8) is 0 Å². The Bertz CT molecular complexity index is 702. The highest BCUT2D eigenvalue weighted by Crippen LogP contribution is 2.34. The van der Waals surface area contributed by atoms with Crippen LogP contribution in [0.5, 0.6) is 5.75 Å². The Morgan fingerprint density at radius 1 is 0.909 bits per heavy atom. The third kappa shape index (κ3) is 3.69. The number of hydrogen-bond acceptors (Lipinski definition) is 3. The fraction of sp³-hybridized carbons (Fsp3) is 0.0667. The highest BCUT2D eigenvalue weighted by molar-refractivity contribution is 6.37. The zero-order chi connectivity index (χ0) is 16.3. The van der Waals surface area contributed by atoms with Gasteiger partial charge in [-0.3, -0.25) is 0 Å². The van der Waals surface area contributed by atoms with Crippen LogP contribution in [0.2, 0.25) is 10.0 Å². The summed E-state index contributed by atoms with van der Waals surface area (Å²) in [6, 6.07) is 8.63. The van der Waals surface area contributed by atoms with Gasteiger partial charge < -0.3 is 14.9 Å². The van der Waals surface area contributed by atoms with Gasteiger partial charge in [-0.15, -0.1) is 0 Å². The number of ether oxygens (including phenoxy) is 1. The Morgan fingerprint density at radius 2 is 1.41 bits per heavy atom. The molecular formula is C15H10Cl2O5. The van der Waals surface area contributed by atoms with E-state index in [0.29, 0.717) is 0 Å². The van der Waals surface area contributed by atoms with E-state index in [0.717, 1.165) is 5.56 Å². The molecule has 2 N–H and O–H groups in total. The minimum absolute atomic E-state index is 0.0341. The molecule has 0 spiro atoms. The van der Waals surface area contributed by atoms with Crippen molar-refractivity contribution in [3.05, 3.63) is 63.1 Å². The van der Waals surface area contributed by atoms with E-state index in [2.05, 4.69) is 0 Å². The summed E-state index contributed by atoms with van der Waals surface area (Å²) in [6.07, 6.45) is 0. The number of carboxylic acid groups (broad SMARTS) is 2. The molecule has 0 fully saturated rings. The van der Waals surface area contributed by atoms with E-state index in [4.69, 9.17) is 38.2 Å². The van der Waals surface area contributed by atoms with E-state index in [-0.39, 0.29) is 33.5 Å². The van der Waals surface area contributed by atoms with E-state index in [1.54, 1.807) is 12.1 Å². The van der Waals surface area contributed by atoms with Crippen molar-refractivity contribution in [1.29, 1.82) is 0 Å². The molecular weight excluding hydrogens is 331 g/mol. The molecule has 2 aromatic carbocycles. The average Bonchev–Trinajstić information content (AvgIpc) is 2.46. The predicted molar refractivity (Wildman–Crippen MR) is 81.2 cm³/mol. The van der Waals surface area contributed by atoms with Crippen LogP contribution < -0.4 is 4.74 Å². The van der Waals surface area contributed by atoms with Gasteiger partial charge in [0.15, 0.2) is 5.75 Å². The first-order valence-corrected chi connectivity index (χ1v) is 6.81. The molecule has 114 valence electrons. The van der Waals surface area contributed by atoms with Crippen molar-refractivity contribution in [1.82, 2.24) is 0 Å². The van der Waals surface area contributed by atoms with E-state index >= 15 is 0 Å². The van der Waals surface area contributed by atoms with Crippen molar-refractivity contribution in [2.24, 2.45) is 0 Å². The number of carbonyl (C=O) groups is 2. The zero-order valence-corrected chi connectivity index (χ0v) is 12.6. The molecule has 2 aromatic rings. The first-order valence-electron chi connectivity index (χ1n) is 6.06. The SMILES string of the molecule is O=C(O)c1ccc(COc2c(Cl)cc(C(=O)O)cc2Cl)cc1. The molecule has 22 heavy (non-hydrogen) atoms. The highest BCUT2D eigenvalue weighted by atomic mass is 35.5. The lowest BCUT2D eigenvalue weighted by atomic mass is 10.1. The highest BCUT2D eigenvalue weighted by Gasteiger charge is 2.13. The standard InChI is InChI=1S/C15H10Cl2O5/c16-11-5-10(15(20)21)6-12(17)13(11)22-7-8-1-3-9(4-2-8)14(18)19/h1-6H,7H2,(H,18,19)(H,20,21). The van der Waals surface area contributed by atoms with Gasteiger partial charge in [-0.2, -0.15) is 0 Å². The molecule has 0 atom stereocenters. The van der Waals surface area contributed by atoms with Crippen LogP contribution in [0.15, 0.2) is 36.4 Å². The summed E-state index contributed by atoms with van der Waals surface area (Å²) in [5.74, 6) is -1.97. The summed E-state index contributed by atoms with van der Waals surface area (Å²) >= 11 is 11.9. The number of halogens is 2. The van der Waals surface area contributed by atoms with E-state index in [1.165, 1.54) is 24.3 Å². The maximum absolute atomic E-state index is 10.9. The Balaban J connectivity index is 2.14. The van der Waals surface area contributed by atoms with Gasteiger partial charge in [0.05, 0.1) is 21.2 Å². The molecule has 5 nitrogen and oxygen atoms in total. The van der Waals surface area contributed by atoms with Crippen LogP contribution in [0.1, 0.15) is 26.3 Å². The first-order chi connectivity index (χ1) is 10.4. The van der Waals surface area contributed by atoms with Crippen LogP contribution in [0, 0.1) is 0 Å². The smallest absolute Gasteiger partial charge is 0.335 e. The van der Waals surface area contributed by atoms with Gasteiger partial charge in [0, 0.05) is 0 Å².